The third-order valence-corrected chi connectivity index (χ3v) is 5.46. The largest absolute Gasteiger partial charge is 0.399 e. The normalized spacial score (nSPS) is 23.8. The Balaban J connectivity index is 2.15. The van der Waals surface area contributed by atoms with Crippen LogP contribution in [0.1, 0.15) is 12.0 Å². The minimum atomic E-state index is -3.45. The van der Waals surface area contributed by atoms with Crippen LogP contribution in [0.15, 0.2) is 24.3 Å². The zero-order valence-electron chi connectivity index (χ0n) is 12.4. The van der Waals surface area contributed by atoms with Crippen LogP contribution in [0.5, 0.6) is 0 Å². The molecule has 1 aliphatic heterocycles. The highest BCUT2D eigenvalue weighted by Gasteiger charge is 2.38. The number of benzene rings is 1. The highest BCUT2D eigenvalue weighted by atomic mass is 32.2. The number of likely N-dealkylation sites (N-methyl/N-ethyl adjacent to an activating group) is 1. The summed E-state index contributed by atoms with van der Waals surface area (Å²) >= 11 is 0. The number of hydrogen-bond acceptors (Lipinski definition) is 5. The van der Waals surface area contributed by atoms with Crippen LogP contribution in [0.2, 0.25) is 0 Å². The molecule has 1 aromatic rings. The summed E-state index contributed by atoms with van der Waals surface area (Å²) in [5, 5.41) is 9.81. The van der Waals surface area contributed by atoms with Gasteiger partial charge in [0.2, 0.25) is 10.0 Å². The Morgan fingerprint density at radius 3 is 2.52 bits per heavy atom. The molecule has 1 heterocycles. The number of anilines is 1. The summed E-state index contributed by atoms with van der Waals surface area (Å²) < 4.78 is 26.6. The molecular formula is C14H23N3O3S. The van der Waals surface area contributed by atoms with Crippen LogP contribution in [-0.2, 0) is 15.8 Å². The van der Waals surface area contributed by atoms with Gasteiger partial charge < -0.3 is 15.7 Å². The molecule has 0 amide bonds. The Morgan fingerprint density at radius 2 is 1.95 bits per heavy atom. The molecule has 2 rings (SSSR count). The van der Waals surface area contributed by atoms with Crippen molar-refractivity contribution >= 4 is 15.7 Å². The topological polar surface area (TPSA) is 86.9 Å². The fourth-order valence-corrected chi connectivity index (χ4v) is 4.48. The van der Waals surface area contributed by atoms with Crippen molar-refractivity contribution in [3.63, 3.8) is 0 Å². The van der Waals surface area contributed by atoms with Gasteiger partial charge in [-0.05, 0) is 38.2 Å². The molecule has 118 valence electrons. The average molecular weight is 313 g/mol. The van der Waals surface area contributed by atoms with E-state index in [0.717, 1.165) is 0 Å². The number of nitrogens with two attached hydrogens (primary N) is 1. The fourth-order valence-electron chi connectivity index (χ4n) is 2.70. The van der Waals surface area contributed by atoms with E-state index in [-0.39, 0.29) is 18.3 Å². The summed E-state index contributed by atoms with van der Waals surface area (Å²) in [6.07, 6.45) is -0.102. The van der Waals surface area contributed by atoms with Crippen molar-refractivity contribution < 1.29 is 13.5 Å². The Labute approximate surface area is 126 Å². The van der Waals surface area contributed by atoms with Crippen LogP contribution in [0, 0.1) is 0 Å². The lowest BCUT2D eigenvalue weighted by molar-refractivity contribution is 0.188. The lowest BCUT2D eigenvalue weighted by Crippen LogP contribution is -2.41. The molecule has 0 spiro atoms. The van der Waals surface area contributed by atoms with Gasteiger partial charge in [-0.3, -0.25) is 0 Å². The second kappa shape index (κ2) is 6.31. The van der Waals surface area contributed by atoms with E-state index in [4.69, 9.17) is 5.73 Å². The SMILES string of the molecule is CN(C)CC1CC(O)CN1S(=O)(=O)Cc1ccc(N)cc1. The summed E-state index contributed by atoms with van der Waals surface area (Å²) in [5.41, 5.74) is 6.92. The summed E-state index contributed by atoms with van der Waals surface area (Å²) in [4.78, 5) is 1.94. The van der Waals surface area contributed by atoms with Crippen LogP contribution < -0.4 is 5.73 Å². The molecule has 0 aromatic heterocycles. The summed E-state index contributed by atoms with van der Waals surface area (Å²) in [7, 11) is 0.349. The number of nitrogen functional groups attached to an aromatic ring is 1. The van der Waals surface area contributed by atoms with E-state index >= 15 is 0 Å². The third kappa shape index (κ3) is 4.16. The van der Waals surface area contributed by atoms with Crippen molar-refractivity contribution in [1.82, 2.24) is 9.21 Å². The van der Waals surface area contributed by atoms with Crippen LogP contribution >= 0.6 is 0 Å². The Bertz CT molecular complexity index is 572. The second-order valence-electron chi connectivity index (χ2n) is 5.87. The number of sulfonamides is 1. The van der Waals surface area contributed by atoms with Crippen molar-refractivity contribution in [2.75, 3.05) is 32.9 Å². The van der Waals surface area contributed by atoms with Crippen LogP contribution in [0.25, 0.3) is 0 Å². The Hall–Kier alpha value is -1.15. The monoisotopic (exact) mass is 313 g/mol. The van der Waals surface area contributed by atoms with E-state index in [1.54, 1.807) is 24.3 Å². The maximum Gasteiger partial charge on any atom is 0.218 e. The number of aliphatic hydroxyl groups is 1. The predicted molar refractivity (Wildman–Crippen MR) is 83.2 cm³/mol. The molecule has 1 aromatic carbocycles. The number of hydrogen-bond donors (Lipinski definition) is 2. The molecular weight excluding hydrogens is 290 g/mol. The van der Waals surface area contributed by atoms with Crippen molar-refractivity contribution in [3.8, 4) is 0 Å². The quantitative estimate of drug-likeness (QED) is 0.753. The molecule has 21 heavy (non-hydrogen) atoms. The van der Waals surface area contributed by atoms with Gasteiger partial charge >= 0.3 is 0 Å². The van der Waals surface area contributed by atoms with Crippen LogP contribution in [0.3, 0.4) is 0 Å². The highest BCUT2D eigenvalue weighted by Crippen LogP contribution is 2.24. The summed E-state index contributed by atoms with van der Waals surface area (Å²) in [5.74, 6) is -0.0655. The van der Waals surface area contributed by atoms with Crippen molar-refractivity contribution in [2.45, 2.75) is 24.3 Å². The van der Waals surface area contributed by atoms with Gasteiger partial charge in [0.25, 0.3) is 0 Å². The Kier molecular flexibility index (Phi) is 4.88. The first-order valence-electron chi connectivity index (χ1n) is 6.94. The number of β-amino-alcohol motifs (C(OH)–C–C–N with tert-alkyl or cyclic N) is 1. The van der Waals surface area contributed by atoms with Gasteiger partial charge in [-0.25, -0.2) is 8.42 Å². The molecule has 1 aliphatic rings. The maximum absolute atomic E-state index is 12.6. The van der Waals surface area contributed by atoms with E-state index in [9.17, 15) is 13.5 Å². The maximum atomic E-state index is 12.6. The number of rotatable bonds is 5. The van der Waals surface area contributed by atoms with Crippen LogP contribution in [0.4, 0.5) is 5.69 Å². The standard InChI is InChI=1S/C14H23N3O3S/c1-16(2)8-13-7-14(18)9-17(13)21(19,20)10-11-3-5-12(15)6-4-11/h3-6,13-14,18H,7-10,15H2,1-2H3. The van der Waals surface area contributed by atoms with Gasteiger partial charge in [-0.15, -0.1) is 0 Å². The molecule has 1 saturated heterocycles. The molecule has 0 saturated carbocycles. The summed E-state index contributed by atoms with van der Waals surface area (Å²) in [6.45, 7) is 0.786. The fraction of sp³-hybridized carbons (Fsp3) is 0.571. The number of nitrogens with zero attached hydrogens (tertiary/aromatic N) is 2. The van der Waals surface area contributed by atoms with Gasteiger partial charge in [0.05, 0.1) is 11.9 Å². The molecule has 0 aliphatic carbocycles. The molecule has 2 unspecified atom stereocenters. The van der Waals surface area contributed by atoms with Gasteiger partial charge in [-0.1, -0.05) is 12.1 Å². The number of aliphatic hydroxyl groups excluding tert-OH is 1. The van der Waals surface area contributed by atoms with Gasteiger partial charge in [0.1, 0.15) is 0 Å². The smallest absolute Gasteiger partial charge is 0.218 e. The molecule has 0 radical (unpaired) electrons. The van der Waals surface area contributed by atoms with Crippen molar-refractivity contribution in [3.05, 3.63) is 29.8 Å². The third-order valence-electron chi connectivity index (χ3n) is 3.60. The van der Waals surface area contributed by atoms with E-state index in [0.29, 0.717) is 24.2 Å². The van der Waals surface area contributed by atoms with Crippen molar-refractivity contribution in [1.29, 1.82) is 0 Å². The molecule has 0 bridgehead atoms. The molecule has 1 fully saturated rings. The zero-order chi connectivity index (χ0) is 15.6. The molecule has 6 nitrogen and oxygen atoms in total. The van der Waals surface area contributed by atoms with Crippen molar-refractivity contribution in [2.24, 2.45) is 0 Å². The molecule has 7 heteroatoms. The second-order valence-corrected chi connectivity index (χ2v) is 7.79. The van der Waals surface area contributed by atoms with Gasteiger partial charge in [0, 0.05) is 24.8 Å². The molecule has 3 N–H and O–H groups in total. The highest BCUT2D eigenvalue weighted by molar-refractivity contribution is 7.88. The minimum absolute atomic E-state index is 0.0655. The minimum Gasteiger partial charge on any atom is -0.399 e. The summed E-state index contributed by atoms with van der Waals surface area (Å²) in [6, 6.07) is 6.66. The predicted octanol–water partition coefficient (Wildman–Crippen LogP) is 0.0954. The first-order chi connectivity index (χ1) is 9.78. The first kappa shape index (κ1) is 16.2. The zero-order valence-corrected chi connectivity index (χ0v) is 13.3. The average Bonchev–Trinajstić information content (AvgIpc) is 2.73. The van der Waals surface area contributed by atoms with E-state index in [1.165, 1.54) is 4.31 Å². The lowest BCUT2D eigenvalue weighted by Gasteiger charge is -2.26. The van der Waals surface area contributed by atoms with E-state index < -0.39 is 16.1 Å². The van der Waals surface area contributed by atoms with Gasteiger partial charge in [0.15, 0.2) is 0 Å². The lowest BCUT2D eigenvalue weighted by atomic mass is 10.2. The van der Waals surface area contributed by atoms with E-state index in [2.05, 4.69) is 0 Å². The first-order valence-corrected chi connectivity index (χ1v) is 8.55. The molecule has 2 atom stereocenters. The van der Waals surface area contributed by atoms with Crippen LogP contribution in [-0.4, -0.2) is 62.1 Å². The van der Waals surface area contributed by atoms with Gasteiger partial charge in [-0.2, -0.15) is 4.31 Å². The Morgan fingerprint density at radius 1 is 1.33 bits per heavy atom. The van der Waals surface area contributed by atoms with E-state index in [1.807, 2.05) is 19.0 Å².